The van der Waals surface area contributed by atoms with Crippen LogP contribution in [0.25, 0.3) is 0 Å². The number of hydrogen-bond acceptors (Lipinski definition) is 5. The number of quaternary nitrogens is 1. The van der Waals surface area contributed by atoms with Gasteiger partial charge in [-0.1, -0.05) is 22.0 Å². The first-order valence-corrected chi connectivity index (χ1v) is 11.0. The highest BCUT2D eigenvalue weighted by Crippen LogP contribution is 2.18. The van der Waals surface area contributed by atoms with Gasteiger partial charge in [-0.05, 0) is 36.4 Å². The number of aromatic nitrogens is 1. The van der Waals surface area contributed by atoms with Gasteiger partial charge in [0.1, 0.15) is 0 Å². The molecule has 0 bridgehead atoms. The first kappa shape index (κ1) is 20.6. The van der Waals surface area contributed by atoms with Crippen LogP contribution in [0.3, 0.4) is 0 Å². The molecule has 1 amide bonds. The van der Waals surface area contributed by atoms with Gasteiger partial charge in [0.25, 0.3) is 5.91 Å². The second-order valence-corrected chi connectivity index (χ2v) is 9.19. The van der Waals surface area contributed by atoms with Crippen LogP contribution in [0.15, 0.2) is 63.1 Å². The number of benzene rings is 1. The van der Waals surface area contributed by atoms with E-state index in [1.807, 2.05) is 6.07 Å². The van der Waals surface area contributed by atoms with Crippen LogP contribution in [0.1, 0.15) is 5.69 Å². The highest BCUT2D eigenvalue weighted by atomic mass is 79.9. The van der Waals surface area contributed by atoms with Gasteiger partial charge in [0.2, 0.25) is 10.0 Å². The molecule has 1 aliphatic rings. The lowest BCUT2D eigenvalue weighted by atomic mass is 10.3. The number of nitrogens with zero attached hydrogens (tertiary/aromatic N) is 3. The Morgan fingerprint density at radius 1 is 1.21 bits per heavy atom. The quantitative estimate of drug-likeness (QED) is 0.458. The smallest absolute Gasteiger partial charge is 0.295 e. The maximum atomic E-state index is 12.7. The molecular weight excluding hydrogens is 446 g/mol. The lowest BCUT2D eigenvalue weighted by Gasteiger charge is -2.31. The summed E-state index contributed by atoms with van der Waals surface area (Å²) in [5.74, 6) is -0.216. The number of hydrogen-bond donors (Lipinski definition) is 2. The fourth-order valence-electron chi connectivity index (χ4n) is 2.86. The largest absolute Gasteiger partial charge is 0.325 e. The number of nitrogens with one attached hydrogen (secondary N) is 2. The summed E-state index contributed by atoms with van der Waals surface area (Å²) in [6.45, 7) is 2.11. The Kier molecular flexibility index (Phi) is 6.89. The van der Waals surface area contributed by atoms with Crippen LogP contribution in [-0.2, 0) is 14.8 Å². The number of halogens is 1. The zero-order chi connectivity index (χ0) is 20.0. The molecule has 10 heteroatoms. The molecule has 0 spiro atoms. The summed E-state index contributed by atoms with van der Waals surface area (Å²) < 4.78 is 27.7. The molecule has 148 valence electrons. The van der Waals surface area contributed by atoms with Crippen molar-refractivity contribution in [2.24, 2.45) is 5.10 Å². The van der Waals surface area contributed by atoms with E-state index in [-0.39, 0.29) is 17.3 Å². The fourth-order valence-corrected chi connectivity index (χ4v) is 4.57. The van der Waals surface area contributed by atoms with Crippen molar-refractivity contribution < 1.29 is 18.1 Å². The van der Waals surface area contributed by atoms with Crippen molar-refractivity contribution >= 4 is 38.1 Å². The molecule has 1 aliphatic heterocycles. The normalized spacial score (nSPS) is 16.3. The van der Waals surface area contributed by atoms with Crippen LogP contribution in [0.2, 0.25) is 0 Å². The Morgan fingerprint density at radius 2 is 1.93 bits per heavy atom. The van der Waals surface area contributed by atoms with Crippen molar-refractivity contribution in [3.05, 3.63) is 58.8 Å². The molecular formula is C18H21BrN5O3S+. The van der Waals surface area contributed by atoms with E-state index in [2.05, 4.69) is 31.4 Å². The van der Waals surface area contributed by atoms with Gasteiger partial charge < -0.3 is 4.90 Å². The lowest BCUT2D eigenvalue weighted by molar-refractivity contribution is -0.895. The molecule has 0 aliphatic carbocycles. The number of carbonyl (C=O) groups excluding carboxylic acids is 1. The third kappa shape index (κ3) is 5.44. The molecule has 1 saturated heterocycles. The van der Waals surface area contributed by atoms with E-state index >= 15 is 0 Å². The summed E-state index contributed by atoms with van der Waals surface area (Å²) in [5, 5.41) is 3.90. The number of rotatable bonds is 6. The van der Waals surface area contributed by atoms with E-state index in [0.717, 1.165) is 9.37 Å². The second kappa shape index (κ2) is 9.37. The summed E-state index contributed by atoms with van der Waals surface area (Å²) in [6, 6.07) is 12.0. The number of amides is 1. The highest BCUT2D eigenvalue weighted by molar-refractivity contribution is 9.10. The summed E-state index contributed by atoms with van der Waals surface area (Å²) in [6.07, 6.45) is 3.13. The third-order valence-corrected chi connectivity index (χ3v) is 6.81. The molecule has 28 heavy (non-hydrogen) atoms. The minimum absolute atomic E-state index is 0.216. The molecule has 2 aromatic rings. The van der Waals surface area contributed by atoms with Crippen LogP contribution in [0.4, 0.5) is 0 Å². The summed E-state index contributed by atoms with van der Waals surface area (Å²) >= 11 is 3.31. The van der Waals surface area contributed by atoms with Gasteiger partial charge in [-0.3, -0.25) is 9.78 Å². The number of hydrazone groups is 1. The van der Waals surface area contributed by atoms with Crippen molar-refractivity contribution in [1.29, 1.82) is 0 Å². The number of pyridine rings is 1. The van der Waals surface area contributed by atoms with Crippen molar-refractivity contribution in [3.8, 4) is 0 Å². The Labute approximate surface area is 172 Å². The molecule has 0 saturated carbocycles. The third-order valence-electron chi connectivity index (χ3n) is 4.37. The van der Waals surface area contributed by atoms with E-state index in [1.54, 1.807) is 42.6 Å². The van der Waals surface area contributed by atoms with Gasteiger partial charge in [0.15, 0.2) is 6.54 Å². The van der Waals surface area contributed by atoms with E-state index in [0.29, 0.717) is 31.9 Å². The summed E-state index contributed by atoms with van der Waals surface area (Å²) in [5.41, 5.74) is 3.14. The van der Waals surface area contributed by atoms with Gasteiger partial charge in [-0.15, -0.1) is 0 Å². The van der Waals surface area contributed by atoms with Gasteiger partial charge in [-0.2, -0.15) is 9.41 Å². The average molecular weight is 467 g/mol. The Morgan fingerprint density at radius 3 is 2.57 bits per heavy atom. The van der Waals surface area contributed by atoms with E-state index in [4.69, 9.17) is 0 Å². The molecule has 2 heterocycles. The van der Waals surface area contributed by atoms with Gasteiger partial charge in [-0.25, -0.2) is 13.8 Å². The SMILES string of the molecule is O=C(C[NH+]1CCN(S(=O)(=O)c2ccc(Br)cc2)CC1)N/N=C/c1ccccn1. The van der Waals surface area contributed by atoms with Gasteiger partial charge in [0.05, 0.1) is 43.0 Å². The number of sulfonamides is 1. The predicted octanol–water partition coefficient (Wildman–Crippen LogP) is -0.116. The predicted molar refractivity (Wildman–Crippen MR) is 108 cm³/mol. The van der Waals surface area contributed by atoms with Crippen molar-refractivity contribution in [3.63, 3.8) is 0 Å². The number of piperazine rings is 1. The molecule has 0 radical (unpaired) electrons. The maximum absolute atomic E-state index is 12.7. The molecule has 0 atom stereocenters. The van der Waals surface area contributed by atoms with Crippen LogP contribution < -0.4 is 10.3 Å². The topological polar surface area (TPSA) is 96.2 Å². The van der Waals surface area contributed by atoms with E-state index in [1.165, 1.54) is 10.5 Å². The van der Waals surface area contributed by atoms with Crippen LogP contribution in [0.5, 0.6) is 0 Å². The number of carbonyl (C=O) groups is 1. The van der Waals surface area contributed by atoms with Crippen molar-refractivity contribution in [1.82, 2.24) is 14.7 Å². The standard InChI is InChI=1S/C18H20BrN5O3S/c19-15-4-6-17(7-5-15)28(26,27)24-11-9-23(10-12-24)14-18(25)22-21-13-16-3-1-2-8-20-16/h1-8,13H,9-12,14H2,(H,22,25)/p+1/b21-13+. The summed E-state index contributed by atoms with van der Waals surface area (Å²) in [7, 11) is -3.51. The Bertz CT molecular complexity index is 927. The molecule has 0 unspecified atom stereocenters. The van der Waals surface area contributed by atoms with Crippen LogP contribution in [-0.4, -0.2) is 62.6 Å². The van der Waals surface area contributed by atoms with Crippen molar-refractivity contribution in [2.45, 2.75) is 4.90 Å². The maximum Gasteiger partial charge on any atom is 0.295 e. The monoisotopic (exact) mass is 466 g/mol. The molecule has 1 aromatic carbocycles. The minimum atomic E-state index is -3.51. The Balaban J connectivity index is 1.48. The first-order chi connectivity index (χ1) is 13.4. The second-order valence-electron chi connectivity index (χ2n) is 6.33. The highest BCUT2D eigenvalue weighted by Gasteiger charge is 2.31. The van der Waals surface area contributed by atoms with Crippen LogP contribution in [0, 0.1) is 0 Å². The molecule has 2 N–H and O–H groups in total. The molecule has 1 fully saturated rings. The zero-order valence-corrected chi connectivity index (χ0v) is 17.5. The molecule has 3 rings (SSSR count). The Hall–Kier alpha value is -2.14. The van der Waals surface area contributed by atoms with Crippen LogP contribution >= 0.6 is 15.9 Å². The fraction of sp³-hybridized carbons (Fsp3) is 0.278. The lowest BCUT2D eigenvalue weighted by Crippen LogP contribution is -3.15. The zero-order valence-electron chi connectivity index (χ0n) is 15.1. The molecule has 1 aromatic heterocycles. The van der Waals surface area contributed by atoms with E-state index in [9.17, 15) is 13.2 Å². The average Bonchev–Trinajstić information content (AvgIpc) is 2.69. The molecule has 8 nitrogen and oxygen atoms in total. The minimum Gasteiger partial charge on any atom is -0.325 e. The van der Waals surface area contributed by atoms with E-state index < -0.39 is 10.0 Å². The van der Waals surface area contributed by atoms with Gasteiger partial charge in [0, 0.05) is 10.7 Å². The first-order valence-electron chi connectivity index (χ1n) is 8.77. The van der Waals surface area contributed by atoms with Gasteiger partial charge >= 0.3 is 0 Å². The summed E-state index contributed by atoms with van der Waals surface area (Å²) in [4.78, 5) is 17.4. The van der Waals surface area contributed by atoms with Crippen molar-refractivity contribution in [2.75, 3.05) is 32.7 Å².